The Morgan fingerprint density at radius 2 is 1.69 bits per heavy atom. The minimum atomic E-state index is -1.56. The number of halogens is 1. The van der Waals surface area contributed by atoms with Gasteiger partial charge in [-0.1, -0.05) is 74.9 Å². The van der Waals surface area contributed by atoms with E-state index in [1.807, 2.05) is 12.1 Å². The first-order valence-electron chi connectivity index (χ1n) is 9.29. The van der Waals surface area contributed by atoms with Crippen molar-refractivity contribution in [2.45, 2.75) is 63.7 Å². The smallest absolute Gasteiger partial charge is 0.330 e. The highest BCUT2D eigenvalue weighted by Crippen LogP contribution is 2.27. The lowest BCUT2D eigenvalue weighted by molar-refractivity contribution is -0.140. The first-order valence-corrected chi connectivity index (χ1v) is 9.67. The summed E-state index contributed by atoms with van der Waals surface area (Å²) in [5.74, 6) is -1.14. The maximum absolute atomic E-state index is 11.2. The second-order valence-corrected chi connectivity index (χ2v) is 7.57. The van der Waals surface area contributed by atoms with Crippen molar-refractivity contribution in [3.63, 3.8) is 0 Å². The van der Waals surface area contributed by atoms with E-state index in [1.54, 1.807) is 6.20 Å². The molecule has 0 aliphatic rings. The van der Waals surface area contributed by atoms with Crippen molar-refractivity contribution in [1.82, 2.24) is 9.97 Å². The van der Waals surface area contributed by atoms with Crippen molar-refractivity contribution in [1.29, 1.82) is 0 Å². The van der Waals surface area contributed by atoms with Crippen LogP contribution in [-0.2, 0) is 16.1 Å². The maximum atomic E-state index is 11.2. The molecular weight excluding hydrogens is 348 g/mol. The predicted octanol–water partition coefficient (Wildman–Crippen LogP) is 5.59. The lowest BCUT2D eigenvalue weighted by Crippen LogP contribution is -2.27. The largest absolute Gasteiger partial charge is 0.480 e. The van der Waals surface area contributed by atoms with Crippen LogP contribution in [0.3, 0.4) is 0 Å². The molecule has 26 heavy (non-hydrogen) atoms. The fourth-order valence-corrected chi connectivity index (χ4v) is 2.88. The van der Waals surface area contributed by atoms with Gasteiger partial charge in [-0.2, -0.15) is 0 Å². The molecule has 0 saturated heterocycles. The molecule has 1 aromatic carbocycles. The van der Waals surface area contributed by atoms with Gasteiger partial charge in [0.25, 0.3) is 0 Å². The van der Waals surface area contributed by atoms with E-state index in [2.05, 4.69) is 29.0 Å². The Hall–Kier alpha value is -1.94. The van der Waals surface area contributed by atoms with Crippen LogP contribution < -0.4 is 0 Å². The lowest BCUT2D eigenvalue weighted by atomic mass is 10.0. The van der Waals surface area contributed by atoms with Gasteiger partial charge in [-0.05, 0) is 25.3 Å². The molecule has 0 saturated carbocycles. The highest BCUT2D eigenvalue weighted by molar-refractivity contribution is 6.33. The maximum Gasteiger partial charge on any atom is 0.330 e. The predicted molar refractivity (Wildman–Crippen MR) is 105 cm³/mol. The number of nitrogens with zero attached hydrogens (tertiary/aromatic N) is 2. The summed E-state index contributed by atoms with van der Waals surface area (Å²) in [4.78, 5) is 18.1. The third-order valence-electron chi connectivity index (χ3n) is 4.60. The standard InChI is InChI=1S/C21H27ClN2O2/c1-3-4-5-6-7-8-9-16-10-12-17(13-11-16)18-14-24-19(15-23-18)21(2,22)20(25)26/h10-15H,3-9H2,1-2H3,(H,25,26)/t21-/m1/s1. The van der Waals surface area contributed by atoms with Gasteiger partial charge in [0, 0.05) is 5.56 Å². The van der Waals surface area contributed by atoms with E-state index < -0.39 is 10.8 Å². The summed E-state index contributed by atoms with van der Waals surface area (Å²) >= 11 is 6.00. The second kappa shape index (κ2) is 9.67. The molecule has 0 aliphatic carbocycles. The van der Waals surface area contributed by atoms with Crippen LogP contribution in [0.1, 0.15) is 63.6 Å². The van der Waals surface area contributed by atoms with E-state index >= 15 is 0 Å². The third kappa shape index (κ3) is 5.53. The first-order chi connectivity index (χ1) is 12.4. The molecule has 0 fully saturated rings. The van der Waals surface area contributed by atoms with E-state index in [1.165, 1.54) is 57.2 Å². The Morgan fingerprint density at radius 3 is 2.27 bits per heavy atom. The van der Waals surface area contributed by atoms with Gasteiger partial charge in [0.15, 0.2) is 4.87 Å². The lowest BCUT2D eigenvalue weighted by Gasteiger charge is -2.15. The molecule has 1 heterocycles. The van der Waals surface area contributed by atoms with Gasteiger partial charge in [0.1, 0.15) is 0 Å². The zero-order valence-corrected chi connectivity index (χ0v) is 16.3. The number of rotatable bonds is 10. The van der Waals surface area contributed by atoms with Gasteiger partial charge in [-0.15, -0.1) is 0 Å². The minimum Gasteiger partial charge on any atom is -0.480 e. The van der Waals surface area contributed by atoms with Gasteiger partial charge in [0.2, 0.25) is 0 Å². The third-order valence-corrected chi connectivity index (χ3v) is 4.96. The molecule has 1 N–H and O–H groups in total. The van der Waals surface area contributed by atoms with Crippen LogP contribution >= 0.6 is 11.6 Å². The molecule has 0 bridgehead atoms. The molecule has 0 aliphatic heterocycles. The molecule has 2 rings (SSSR count). The number of hydrogen-bond acceptors (Lipinski definition) is 3. The average Bonchev–Trinajstić information content (AvgIpc) is 2.65. The first kappa shape index (κ1) is 20.4. The van der Waals surface area contributed by atoms with Crippen LogP contribution in [0.25, 0.3) is 11.3 Å². The second-order valence-electron chi connectivity index (χ2n) is 6.81. The molecular formula is C21H27ClN2O2. The van der Waals surface area contributed by atoms with Gasteiger partial charge >= 0.3 is 5.97 Å². The molecule has 0 amide bonds. The molecule has 0 unspecified atom stereocenters. The van der Waals surface area contributed by atoms with Crippen LogP contribution in [0, 0.1) is 0 Å². The van der Waals surface area contributed by atoms with Crippen molar-refractivity contribution in [3.05, 3.63) is 47.9 Å². The topological polar surface area (TPSA) is 63.1 Å². The number of benzene rings is 1. The Labute approximate surface area is 160 Å². The molecule has 140 valence electrons. The summed E-state index contributed by atoms with van der Waals surface area (Å²) < 4.78 is 0. The molecule has 0 radical (unpaired) electrons. The number of carbonyl (C=O) groups is 1. The van der Waals surface area contributed by atoms with E-state index in [-0.39, 0.29) is 5.69 Å². The highest BCUT2D eigenvalue weighted by Gasteiger charge is 2.34. The highest BCUT2D eigenvalue weighted by atomic mass is 35.5. The summed E-state index contributed by atoms with van der Waals surface area (Å²) in [5, 5.41) is 9.14. The molecule has 4 nitrogen and oxygen atoms in total. The fraction of sp³-hybridized carbons (Fsp3) is 0.476. The van der Waals surface area contributed by atoms with E-state index in [0.29, 0.717) is 5.69 Å². The number of alkyl halides is 1. The van der Waals surface area contributed by atoms with Gasteiger partial charge in [-0.25, -0.2) is 4.79 Å². The quantitative estimate of drug-likeness (QED) is 0.435. The van der Waals surface area contributed by atoms with Gasteiger partial charge in [-0.3, -0.25) is 9.97 Å². The number of carboxylic acid groups (broad SMARTS) is 1. The summed E-state index contributed by atoms with van der Waals surface area (Å²) in [6, 6.07) is 8.32. The van der Waals surface area contributed by atoms with Crippen LogP contribution in [0.4, 0.5) is 0 Å². The van der Waals surface area contributed by atoms with Gasteiger partial charge < -0.3 is 5.11 Å². The summed E-state index contributed by atoms with van der Waals surface area (Å²) in [5.41, 5.74) is 3.23. The molecule has 2 aromatic rings. The van der Waals surface area contributed by atoms with Crippen molar-refractivity contribution in [2.24, 2.45) is 0 Å². The van der Waals surface area contributed by atoms with Crippen molar-refractivity contribution in [3.8, 4) is 11.3 Å². The van der Waals surface area contributed by atoms with Crippen molar-refractivity contribution >= 4 is 17.6 Å². The number of carboxylic acids is 1. The van der Waals surface area contributed by atoms with Crippen LogP contribution in [0.15, 0.2) is 36.7 Å². The molecule has 0 spiro atoms. The zero-order valence-electron chi connectivity index (χ0n) is 15.5. The van der Waals surface area contributed by atoms with E-state index in [9.17, 15) is 4.79 Å². The van der Waals surface area contributed by atoms with E-state index in [4.69, 9.17) is 16.7 Å². The molecule has 5 heteroatoms. The SMILES string of the molecule is CCCCCCCCc1ccc(-c2cnc([C@@](C)(Cl)C(=O)O)cn2)cc1. The summed E-state index contributed by atoms with van der Waals surface area (Å²) in [7, 11) is 0. The Balaban J connectivity index is 1.93. The fourth-order valence-electron chi connectivity index (χ4n) is 2.78. The van der Waals surface area contributed by atoms with Crippen molar-refractivity contribution < 1.29 is 9.90 Å². The number of aryl methyl sites for hydroxylation is 1. The Morgan fingerprint density at radius 1 is 1.04 bits per heavy atom. The normalized spacial score (nSPS) is 13.3. The Bertz CT molecular complexity index is 697. The average molecular weight is 375 g/mol. The number of aromatic nitrogens is 2. The number of hydrogen-bond donors (Lipinski definition) is 1. The van der Waals surface area contributed by atoms with Crippen LogP contribution in [0.2, 0.25) is 0 Å². The minimum absolute atomic E-state index is 0.232. The number of aliphatic carboxylic acids is 1. The van der Waals surface area contributed by atoms with Crippen LogP contribution in [0.5, 0.6) is 0 Å². The van der Waals surface area contributed by atoms with Crippen LogP contribution in [-0.4, -0.2) is 21.0 Å². The van der Waals surface area contributed by atoms with E-state index in [0.717, 1.165) is 12.0 Å². The Kier molecular flexibility index (Phi) is 7.58. The molecule has 1 aromatic heterocycles. The molecule has 1 atom stereocenters. The zero-order chi connectivity index (χ0) is 19.0. The summed E-state index contributed by atoms with van der Waals surface area (Å²) in [6.45, 7) is 3.64. The monoisotopic (exact) mass is 374 g/mol. The summed E-state index contributed by atoms with van der Waals surface area (Å²) in [6.07, 6.45) is 11.9. The van der Waals surface area contributed by atoms with Gasteiger partial charge in [0.05, 0.1) is 23.8 Å². The number of unbranched alkanes of at least 4 members (excludes halogenated alkanes) is 5. The van der Waals surface area contributed by atoms with Crippen molar-refractivity contribution in [2.75, 3.05) is 0 Å².